The molecule has 0 radical (unpaired) electrons. The van der Waals surface area contributed by atoms with Crippen LogP contribution in [-0.4, -0.2) is 16.1 Å². The lowest BCUT2D eigenvalue weighted by atomic mass is 10.1. The van der Waals surface area contributed by atoms with E-state index in [1.807, 2.05) is 30.5 Å². The maximum atomic E-state index is 6.20. The molecule has 0 saturated heterocycles. The van der Waals surface area contributed by atoms with E-state index in [4.69, 9.17) is 9.72 Å². The van der Waals surface area contributed by atoms with Gasteiger partial charge in [-0.1, -0.05) is 12.1 Å². The standard InChI is InChI=1S/C18H18N2O/c1-2-6-14(5-1)21-17-8-4-3-7-15(17)16-10-9-13-11-12-19-18(13)20-16/h3-4,7-12,14H,1-2,5-6H2,(H,19,20). The lowest BCUT2D eigenvalue weighted by Gasteiger charge is -2.16. The number of rotatable bonds is 3. The number of para-hydroxylation sites is 1. The summed E-state index contributed by atoms with van der Waals surface area (Å²) in [5.74, 6) is 0.947. The second kappa shape index (κ2) is 5.24. The molecule has 106 valence electrons. The van der Waals surface area contributed by atoms with Crippen molar-refractivity contribution in [2.24, 2.45) is 0 Å². The highest BCUT2D eigenvalue weighted by atomic mass is 16.5. The quantitative estimate of drug-likeness (QED) is 0.763. The van der Waals surface area contributed by atoms with Gasteiger partial charge in [0.1, 0.15) is 11.4 Å². The predicted octanol–water partition coefficient (Wildman–Crippen LogP) is 4.55. The van der Waals surface area contributed by atoms with E-state index in [0.29, 0.717) is 6.10 Å². The Morgan fingerprint density at radius 2 is 1.86 bits per heavy atom. The number of hydrogen-bond acceptors (Lipinski definition) is 2. The first-order valence-corrected chi connectivity index (χ1v) is 7.60. The Bertz CT molecular complexity index is 757. The van der Waals surface area contributed by atoms with E-state index in [2.05, 4.69) is 23.2 Å². The fourth-order valence-electron chi connectivity index (χ4n) is 3.05. The zero-order valence-electron chi connectivity index (χ0n) is 11.9. The van der Waals surface area contributed by atoms with Crippen LogP contribution in [0, 0.1) is 0 Å². The number of nitrogens with zero attached hydrogens (tertiary/aromatic N) is 1. The van der Waals surface area contributed by atoms with Crippen LogP contribution in [0.3, 0.4) is 0 Å². The number of H-pyrrole nitrogens is 1. The highest BCUT2D eigenvalue weighted by Gasteiger charge is 2.18. The van der Waals surface area contributed by atoms with Crippen molar-refractivity contribution in [3.8, 4) is 17.0 Å². The Balaban J connectivity index is 1.72. The molecule has 0 atom stereocenters. The fraction of sp³-hybridized carbons (Fsp3) is 0.278. The van der Waals surface area contributed by atoms with Gasteiger partial charge in [-0.05, 0) is 56.0 Å². The first kappa shape index (κ1) is 12.5. The Labute approximate surface area is 124 Å². The summed E-state index contributed by atoms with van der Waals surface area (Å²) in [5.41, 5.74) is 2.95. The zero-order chi connectivity index (χ0) is 14.1. The van der Waals surface area contributed by atoms with Gasteiger partial charge in [-0.25, -0.2) is 4.98 Å². The molecule has 1 aliphatic carbocycles. The number of nitrogens with one attached hydrogen (secondary N) is 1. The van der Waals surface area contributed by atoms with Crippen molar-refractivity contribution in [1.29, 1.82) is 0 Å². The van der Waals surface area contributed by atoms with Gasteiger partial charge in [0.15, 0.2) is 0 Å². The number of hydrogen-bond donors (Lipinski definition) is 1. The van der Waals surface area contributed by atoms with E-state index in [1.165, 1.54) is 12.8 Å². The van der Waals surface area contributed by atoms with Crippen LogP contribution in [0.2, 0.25) is 0 Å². The molecule has 0 aliphatic heterocycles. The zero-order valence-corrected chi connectivity index (χ0v) is 11.9. The third-order valence-corrected chi connectivity index (χ3v) is 4.17. The van der Waals surface area contributed by atoms with E-state index in [-0.39, 0.29) is 0 Å². The highest BCUT2D eigenvalue weighted by Crippen LogP contribution is 2.32. The second-order valence-corrected chi connectivity index (χ2v) is 5.63. The summed E-state index contributed by atoms with van der Waals surface area (Å²) >= 11 is 0. The summed E-state index contributed by atoms with van der Waals surface area (Å²) in [4.78, 5) is 7.88. The molecule has 3 heteroatoms. The normalized spacial score (nSPS) is 15.6. The molecule has 2 heterocycles. The van der Waals surface area contributed by atoms with Gasteiger partial charge in [0.25, 0.3) is 0 Å². The summed E-state index contributed by atoms with van der Waals surface area (Å²) < 4.78 is 6.20. The van der Waals surface area contributed by atoms with Crippen LogP contribution in [0.5, 0.6) is 5.75 Å². The summed E-state index contributed by atoms with van der Waals surface area (Å²) in [6, 6.07) is 14.4. The van der Waals surface area contributed by atoms with E-state index in [9.17, 15) is 0 Å². The molecule has 1 fully saturated rings. The minimum Gasteiger partial charge on any atom is -0.490 e. The smallest absolute Gasteiger partial charge is 0.137 e. The third kappa shape index (κ3) is 2.40. The fourth-order valence-corrected chi connectivity index (χ4v) is 3.05. The van der Waals surface area contributed by atoms with Crippen molar-refractivity contribution < 1.29 is 4.74 Å². The van der Waals surface area contributed by atoms with Gasteiger partial charge in [0, 0.05) is 17.1 Å². The molecular formula is C18H18N2O. The number of ether oxygens (including phenoxy) is 1. The molecule has 1 aliphatic rings. The molecule has 0 amide bonds. The van der Waals surface area contributed by atoms with Crippen molar-refractivity contribution in [2.45, 2.75) is 31.8 Å². The van der Waals surface area contributed by atoms with Crippen LogP contribution in [0.25, 0.3) is 22.3 Å². The van der Waals surface area contributed by atoms with Crippen molar-refractivity contribution in [1.82, 2.24) is 9.97 Å². The van der Waals surface area contributed by atoms with E-state index in [0.717, 1.165) is 40.9 Å². The van der Waals surface area contributed by atoms with Gasteiger partial charge >= 0.3 is 0 Å². The number of aromatic nitrogens is 2. The van der Waals surface area contributed by atoms with Crippen LogP contribution in [0.15, 0.2) is 48.7 Å². The molecule has 1 saturated carbocycles. The molecule has 0 unspecified atom stereocenters. The molecule has 0 spiro atoms. The SMILES string of the molecule is c1ccc(-c2ccc3cc[nH]c3n2)c(OC2CCCC2)c1. The summed E-state index contributed by atoms with van der Waals surface area (Å²) in [6.45, 7) is 0. The molecular weight excluding hydrogens is 260 g/mol. The first-order valence-electron chi connectivity index (χ1n) is 7.60. The van der Waals surface area contributed by atoms with Crippen LogP contribution < -0.4 is 4.74 Å². The van der Waals surface area contributed by atoms with Crippen molar-refractivity contribution in [3.63, 3.8) is 0 Å². The number of aromatic amines is 1. The number of benzene rings is 1. The molecule has 2 aromatic heterocycles. The van der Waals surface area contributed by atoms with Gasteiger partial charge in [-0.3, -0.25) is 0 Å². The first-order chi connectivity index (χ1) is 10.4. The molecule has 21 heavy (non-hydrogen) atoms. The Morgan fingerprint density at radius 3 is 2.76 bits per heavy atom. The number of fused-ring (bicyclic) bond motifs is 1. The monoisotopic (exact) mass is 278 g/mol. The second-order valence-electron chi connectivity index (χ2n) is 5.63. The maximum Gasteiger partial charge on any atom is 0.137 e. The Hall–Kier alpha value is -2.29. The van der Waals surface area contributed by atoms with Gasteiger partial charge in [0.05, 0.1) is 11.8 Å². The molecule has 0 bridgehead atoms. The van der Waals surface area contributed by atoms with Crippen LogP contribution in [-0.2, 0) is 0 Å². The minimum atomic E-state index is 0.361. The Morgan fingerprint density at radius 1 is 1.00 bits per heavy atom. The van der Waals surface area contributed by atoms with Crippen molar-refractivity contribution in [2.75, 3.05) is 0 Å². The van der Waals surface area contributed by atoms with Gasteiger partial charge in [0.2, 0.25) is 0 Å². The summed E-state index contributed by atoms with van der Waals surface area (Å²) in [5, 5.41) is 1.13. The van der Waals surface area contributed by atoms with Crippen molar-refractivity contribution in [3.05, 3.63) is 48.7 Å². The minimum absolute atomic E-state index is 0.361. The summed E-state index contributed by atoms with van der Waals surface area (Å²) in [6.07, 6.45) is 7.16. The molecule has 3 nitrogen and oxygen atoms in total. The topological polar surface area (TPSA) is 37.9 Å². The molecule has 3 aromatic rings. The summed E-state index contributed by atoms with van der Waals surface area (Å²) in [7, 11) is 0. The van der Waals surface area contributed by atoms with E-state index >= 15 is 0 Å². The van der Waals surface area contributed by atoms with Crippen molar-refractivity contribution >= 4 is 11.0 Å². The van der Waals surface area contributed by atoms with Crippen LogP contribution >= 0.6 is 0 Å². The van der Waals surface area contributed by atoms with Gasteiger partial charge < -0.3 is 9.72 Å². The van der Waals surface area contributed by atoms with E-state index < -0.39 is 0 Å². The lowest BCUT2D eigenvalue weighted by Crippen LogP contribution is -2.11. The maximum absolute atomic E-state index is 6.20. The number of pyridine rings is 1. The van der Waals surface area contributed by atoms with Gasteiger partial charge in [-0.2, -0.15) is 0 Å². The molecule has 4 rings (SSSR count). The average Bonchev–Trinajstić information content (AvgIpc) is 3.18. The average molecular weight is 278 g/mol. The molecule has 1 aromatic carbocycles. The Kier molecular flexibility index (Phi) is 3.11. The largest absolute Gasteiger partial charge is 0.490 e. The van der Waals surface area contributed by atoms with Crippen LogP contribution in [0.1, 0.15) is 25.7 Å². The lowest BCUT2D eigenvalue weighted by molar-refractivity contribution is 0.211. The van der Waals surface area contributed by atoms with E-state index in [1.54, 1.807) is 0 Å². The highest BCUT2D eigenvalue weighted by molar-refractivity contribution is 5.80. The predicted molar refractivity (Wildman–Crippen MR) is 84.4 cm³/mol. The van der Waals surface area contributed by atoms with Crippen LogP contribution in [0.4, 0.5) is 0 Å². The molecule has 1 N–H and O–H groups in total. The third-order valence-electron chi connectivity index (χ3n) is 4.17. The van der Waals surface area contributed by atoms with Gasteiger partial charge in [-0.15, -0.1) is 0 Å².